The summed E-state index contributed by atoms with van der Waals surface area (Å²) in [5.74, 6) is -25.7. The molecule has 0 bridgehead atoms. The number of unbranched alkanes of at least 4 members (excludes halogenated alkanes) is 2. The molecule has 0 saturated carbocycles. The molecule has 0 radical (unpaired) electrons. The molecule has 27 N–H and O–H groups in total. The van der Waals surface area contributed by atoms with Crippen molar-refractivity contribution < 1.29 is 126 Å². The third kappa shape index (κ3) is 35.0. The van der Waals surface area contributed by atoms with Crippen LogP contribution >= 0.6 is 21.6 Å². The van der Waals surface area contributed by atoms with Crippen molar-refractivity contribution in [2.24, 2.45) is 23.1 Å². The molecule has 796 valence electrons. The quantitative estimate of drug-likeness (QED) is 0.0126. The number of hydrogen-bond acceptors (Lipinski definition) is 28. The molecule has 50 nitrogen and oxygen atoms in total. The number of carbonyl (C=O) groups excluding carboxylic acids is 16. The van der Waals surface area contributed by atoms with E-state index in [1.807, 2.05) is 0 Å². The Bertz CT molecular complexity index is 5840. The average molecular weight is 2090 g/mol. The Morgan fingerprint density at radius 3 is 1.44 bits per heavy atom. The second-order valence-electron chi connectivity index (χ2n) is 36.4. The molecule has 10 rings (SSSR count). The van der Waals surface area contributed by atoms with Crippen LogP contribution in [0.2, 0.25) is 0 Å². The van der Waals surface area contributed by atoms with Gasteiger partial charge in [-0.2, -0.15) is 0 Å². The number of primary amides is 3. The lowest BCUT2D eigenvalue weighted by Gasteiger charge is -2.32. The third-order valence-corrected chi connectivity index (χ3v) is 27.6. The largest absolute Gasteiger partial charge is 0.481 e. The lowest BCUT2D eigenvalue weighted by molar-refractivity contribution is -0.142. The minimum atomic E-state index is -2.19. The van der Waals surface area contributed by atoms with Gasteiger partial charge < -0.3 is 131 Å². The van der Waals surface area contributed by atoms with Crippen molar-refractivity contribution in [3.05, 3.63) is 126 Å². The zero-order valence-electron chi connectivity index (χ0n) is 81.0. The minimum absolute atomic E-state index is 0.0517. The van der Waals surface area contributed by atoms with Gasteiger partial charge in [0.1, 0.15) is 78.7 Å². The van der Waals surface area contributed by atoms with Crippen LogP contribution in [-0.4, -0.2) is 381 Å². The van der Waals surface area contributed by atoms with E-state index in [-0.39, 0.29) is 116 Å². The molecule has 0 unspecified atom stereocenters. The number of nitrogens with one attached hydrogen (secondary N) is 16. The second kappa shape index (κ2) is 55.6. The first kappa shape index (κ1) is 114. The van der Waals surface area contributed by atoms with Crippen LogP contribution in [0.1, 0.15) is 101 Å². The van der Waals surface area contributed by atoms with Gasteiger partial charge in [0, 0.05) is 172 Å². The molecule has 16 amide bonds. The highest BCUT2D eigenvalue weighted by Gasteiger charge is 2.45. The predicted octanol–water partition coefficient (Wildman–Crippen LogP) is -4.92. The van der Waals surface area contributed by atoms with E-state index in [0.717, 1.165) is 11.8 Å². The van der Waals surface area contributed by atoms with Gasteiger partial charge in [-0.05, 0) is 60.6 Å². The van der Waals surface area contributed by atoms with Crippen molar-refractivity contribution >= 4 is 173 Å². The molecule has 0 spiro atoms. The van der Waals surface area contributed by atoms with Gasteiger partial charge in [0.2, 0.25) is 94.5 Å². The van der Waals surface area contributed by atoms with Crippen LogP contribution in [0.25, 0.3) is 32.7 Å². The Kier molecular flexibility index (Phi) is 43.2. The van der Waals surface area contributed by atoms with Crippen molar-refractivity contribution in [2.75, 3.05) is 103 Å². The fourth-order valence-electron chi connectivity index (χ4n) is 17.2. The number of para-hydroxylation sites is 3. The second-order valence-corrected chi connectivity index (χ2v) is 38.9. The maximum Gasteiger partial charge on any atom is 0.317 e. The van der Waals surface area contributed by atoms with Crippen LogP contribution in [0.15, 0.2) is 104 Å². The Hall–Kier alpha value is -14.7. The number of rotatable bonds is 42. The molecule has 3 fully saturated rings. The highest BCUT2D eigenvalue weighted by atomic mass is 33.1. The minimum Gasteiger partial charge on any atom is -0.481 e. The first-order valence-electron chi connectivity index (χ1n) is 47.8. The van der Waals surface area contributed by atoms with Crippen LogP contribution in [0.5, 0.6) is 0 Å². The highest BCUT2D eigenvalue weighted by Crippen LogP contribution is 2.29. The molecular formula is C94H126FN25O25S2. The van der Waals surface area contributed by atoms with Gasteiger partial charge in [0.25, 0.3) is 0 Å². The van der Waals surface area contributed by atoms with Crippen LogP contribution in [-0.2, 0) is 122 Å². The molecule has 3 saturated heterocycles. The topological polar surface area (TPSA) is 757 Å². The summed E-state index contributed by atoms with van der Waals surface area (Å²) in [6.07, 6.45) is -1.13. The van der Waals surface area contributed by atoms with E-state index in [0.29, 0.717) is 83.8 Å². The Morgan fingerprint density at radius 2 is 0.946 bits per heavy atom. The maximum absolute atomic E-state index is 15.5. The van der Waals surface area contributed by atoms with Gasteiger partial charge in [-0.15, -0.1) is 0 Å². The Balaban J connectivity index is 0.919. The van der Waals surface area contributed by atoms with Crippen molar-refractivity contribution in [2.45, 2.75) is 189 Å². The van der Waals surface area contributed by atoms with Gasteiger partial charge in [-0.3, -0.25) is 115 Å². The molecule has 53 heteroatoms. The smallest absolute Gasteiger partial charge is 0.317 e. The van der Waals surface area contributed by atoms with E-state index < -0.39 is 272 Å². The zero-order valence-corrected chi connectivity index (χ0v) is 82.6. The standard InChI is InChI=1S/C94H126FN25O25S2/c1-4-50(2)81(114-93(144)82(51(3)121)115-89(140)63(30-52-38-101-60-17-10-7-14-57(52)60)105-75(124)20-6-5-13-21-100-76(125)43-116-22-24-117(44-78(128)129)26-28-119(46-80(132)133)29-27-118(25-23-116)45-79(130)131)92(143)113-71-48-147-146-47-70(91(142)111-69(32-54-40-103-62-19-12-9-16-59(54)62)94(145)120-42-55(95)33-72(120)83(98)134)112-88(139)68(37-77(126)127)110-85(136)65(34-56-41-99-49-104-56)107-84(135)64(31-53-39-102-61-18-11-8-15-58(53)61)106-86(137)66(35-73(96)122)108-87(138)67(36-74(97)123)109-90(71)141/h7-12,14-19,38-41,49-51,55,63-72,81-82,101-103,121H,4-6,13,20-37,42-48H2,1-3H3,(H2,96,122)(H2,97,123)(H2,98,134)(H,99,104)(H,100,125)(H,105,124)(H,106,137)(H,107,135)(H,108,138)(H,109,141)(H,110,136)(H,111,142)(H,112,139)(H,113,143)(H,114,144)(H,115,140)(H,126,127)(H,128,129)(H,130,131)(H,132,133)/t50-,51+,55+,63-,64-,65-,66-,67-,68-,69-,70-,71-,72-,81-,82-/m0/s1. The number of hydrogen-bond donors (Lipinski definition) is 24. The fraction of sp³-hybridized carbons (Fsp3) is 0.500. The number of aromatic nitrogens is 5. The van der Waals surface area contributed by atoms with Crippen molar-refractivity contribution in [3.8, 4) is 0 Å². The lowest BCUT2D eigenvalue weighted by Crippen LogP contribution is -2.63. The lowest BCUT2D eigenvalue weighted by atomic mass is 9.97. The number of aliphatic hydroxyl groups excluding tert-OH is 1. The van der Waals surface area contributed by atoms with Crippen molar-refractivity contribution in [1.82, 2.24) is 113 Å². The molecule has 7 aromatic rings. The first-order chi connectivity index (χ1) is 70.1. The number of fused-ring (bicyclic) bond motifs is 3. The van der Waals surface area contributed by atoms with Crippen molar-refractivity contribution in [1.29, 1.82) is 0 Å². The van der Waals surface area contributed by atoms with E-state index in [4.69, 9.17) is 17.2 Å². The number of aromatic amines is 4. The summed E-state index contributed by atoms with van der Waals surface area (Å²) < 4.78 is 15.4. The van der Waals surface area contributed by atoms with Crippen LogP contribution in [0, 0.1) is 5.92 Å². The summed E-state index contributed by atoms with van der Waals surface area (Å²) in [4.78, 5) is 305. The summed E-state index contributed by atoms with van der Waals surface area (Å²) in [5, 5.41) is 83.0. The number of aliphatic carboxylic acids is 4. The van der Waals surface area contributed by atoms with Gasteiger partial charge in [0.15, 0.2) is 0 Å². The number of amides is 16. The van der Waals surface area contributed by atoms with E-state index in [1.54, 1.807) is 106 Å². The first-order valence-corrected chi connectivity index (χ1v) is 50.3. The maximum atomic E-state index is 15.5. The predicted molar refractivity (Wildman–Crippen MR) is 530 cm³/mol. The number of carboxylic acid groups (broad SMARTS) is 4. The monoisotopic (exact) mass is 2090 g/mol. The molecule has 3 aromatic carbocycles. The number of imidazole rings is 1. The van der Waals surface area contributed by atoms with E-state index in [1.165, 1.54) is 31.8 Å². The fourth-order valence-corrected chi connectivity index (χ4v) is 19.5. The van der Waals surface area contributed by atoms with Crippen LogP contribution < -0.4 is 81.0 Å². The van der Waals surface area contributed by atoms with Crippen LogP contribution in [0.4, 0.5) is 4.39 Å². The molecule has 3 aliphatic rings. The van der Waals surface area contributed by atoms with E-state index in [2.05, 4.69) is 88.7 Å². The van der Waals surface area contributed by atoms with Crippen molar-refractivity contribution in [3.63, 3.8) is 0 Å². The molecule has 7 heterocycles. The van der Waals surface area contributed by atoms with Gasteiger partial charge in [0.05, 0.1) is 64.4 Å². The van der Waals surface area contributed by atoms with Crippen LogP contribution in [0.3, 0.4) is 0 Å². The van der Waals surface area contributed by atoms with Gasteiger partial charge >= 0.3 is 23.9 Å². The Morgan fingerprint density at radius 1 is 0.490 bits per heavy atom. The number of nitrogens with two attached hydrogens (primary N) is 3. The summed E-state index contributed by atoms with van der Waals surface area (Å²) >= 11 is 0. The van der Waals surface area contributed by atoms with E-state index in [9.17, 15) is 83.1 Å². The number of benzene rings is 3. The molecule has 4 aromatic heterocycles. The summed E-state index contributed by atoms with van der Waals surface area (Å²) in [7, 11) is 1.28. The number of carbonyl (C=O) groups is 20. The summed E-state index contributed by atoms with van der Waals surface area (Å²) in [6.45, 7) is 3.91. The number of H-pyrrole nitrogens is 4. The number of carboxylic acids is 4. The number of aliphatic hydroxyl groups is 1. The molecule has 15 atom stereocenters. The number of halogens is 1. The number of alkyl halides is 1. The highest BCUT2D eigenvalue weighted by molar-refractivity contribution is 8.76. The molecule has 3 aliphatic heterocycles. The normalized spacial score (nSPS) is 21.3. The van der Waals surface area contributed by atoms with Gasteiger partial charge in [-0.25, -0.2) is 9.37 Å². The summed E-state index contributed by atoms with van der Waals surface area (Å²) in [6, 6.07) is -2.10. The summed E-state index contributed by atoms with van der Waals surface area (Å²) in [5.41, 5.74) is 20.4. The van der Waals surface area contributed by atoms with E-state index >= 15 is 42.7 Å². The average Bonchev–Trinajstić information content (AvgIpc) is 1.67. The zero-order chi connectivity index (χ0) is 107. The number of nitrogens with zero attached hydrogens (tertiary/aromatic N) is 6. The number of likely N-dealkylation sites (tertiary alicyclic amines) is 1. The third-order valence-electron chi connectivity index (χ3n) is 25.2. The molecule has 0 aliphatic carbocycles. The Labute approximate surface area is 849 Å². The SMILES string of the molecule is CC[C@H](C)[C@H](NC(=O)[C@@H](NC(=O)[C@H](Cc1c[nH]c2ccccc12)NC(=O)CCCCCNC(=O)CN1CCN(CC(=O)O)CCN(CC(=O)O)CCN(CC(=O)O)CC1)[C@@H](C)O)C(=O)N[C@H]1CSSC[C@@H](C(=O)N[C@@H](Cc2c[nH]c3ccccc23)C(=O)N2C[C@H](F)C[C@H]2C(N)=O)NC(=O)[C@H](CC(=O)O)NC(=O)[C@H](Cc2cnc[nH]2)NC(=O)[C@H](Cc2c[nH]c3ccccc23)NC(=O)[C@H](CC(N)=O)NC(=O)[C@H](CC(N)=O)NC1=O. The molecule has 147 heavy (non-hydrogen) atoms. The van der Waals surface area contributed by atoms with Gasteiger partial charge in [-0.1, -0.05) is 103 Å². The molecular weight excluding hydrogens is 1960 g/mol.